The van der Waals surface area contributed by atoms with E-state index in [2.05, 4.69) is 15.9 Å². The highest BCUT2D eigenvalue weighted by Crippen LogP contribution is 2.26. The van der Waals surface area contributed by atoms with Crippen LogP contribution in [0.1, 0.15) is 15.2 Å². The van der Waals surface area contributed by atoms with Crippen LogP contribution in [-0.2, 0) is 6.54 Å². The lowest BCUT2D eigenvalue weighted by Crippen LogP contribution is -2.26. The van der Waals surface area contributed by atoms with Crippen LogP contribution < -0.4 is 5.73 Å². The van der Waals surface area contributed by atoms with Crippen LogP contribution in [0.3, 0.4) is 0 Å². The topological polar surface area (TPSA) is 46.3 Å². The number of rotatable bonds is 3. The van der Waals surface area contributed by atoms with Crippen molar-refractivity contribution in [2.45, 2.75) is 6.54 Å². The number of anilines is 1. The summed E-state index contributed by atoms with van der Waals surface area (Å²) in [6.45, 7) is 0.430. The normalized spacial score (nSPS) is 10.6. The number of nitrogens with zero attached hydrogens (tertiary/aromatic N) is 1. The lowest BCUT2D eigenvalue weighted by atomic mass is 10.1. The molecule has 0 aliphatic carbocycles. The third-order valence-electron chi connectivity index (χ3n) is 2.69. The van der Waals surface area contributed by atoms with Crippen molar-refractivity contribution in [3.05, 3.63) is 49.3 Å². The van der Waals surface area contributed by atoms with E-state index in [1.165, 1.54) is 28.4 Å². The quantitative estimate of drug-likeness (QED) is 0.817. The molecule has 0 saturated carbocycles. The molecule has 0 radical (unpaired) electrons. The lowest BCUT2D eigenvalue weighted by molar-refractivity contribution is 0.0785. The van der Waals surface area contributed by atoms with Crippen LogP contribution in [0.25, 0.3) is 0 Å². The third kappa shape index (κ3) is 3.31. The lowest BCUT2D eigenvalue weighted by Gasteiger charge is -2.17. The van der Waals surface area contributed by atoms with Crippen molar-refractivity contribution in [2.75, 3.05) is 12.8 Å². The van der Waals surface area contributed by atoms with Gasteiger partial charge in [-0.05, 0) is 40.2 Å². The molecule has 106 valence electrons. The smallest absolute Gasteiger partial charge is 0.255 e. The maximum absolute atomic E-state index is 13.3. The Morgan fingerprint density at radius 3 is 2.80 bits per heavy atom. The van der Waals surface area contributed by atoms with Gasteiger partial charge in [0.05, 0.1) is 22.1 Å². The Kier molecular flexibility index (Phi) is 4.67. The fraction of sp³-hybridized carbons (Fsp3) is 0.154. The summed E-state index contributed by atoms with van der Waals surface area (Å²) in [6.07, 6.45) is 0. The summed E-state index contributed by atoms with van der Waals surface area (Å²) >= 11 is 10.4. The van der Waals surface area contributed by atoms with E-state index >= 15 is 0 Å². The zero-order valence-electron chi connectivity index (χ0n) is 10.5. The van der Waals surface area contributed by atoms with Crippen molar-refractivity contribution in [1.29, 1.82) is 0 Å². The highest BCUT2D eigenvalue weighted by Gasteiger charge is 2.17. The number of nitrogen functional groups attached to an aromatic ring is 1. The van der Waals surface area contributed by atoms with Crippen molar-refractivity contribution >= 4 is 50.5 Å². The number of carbonyl (C=O) groups excluding carboxylic acids is 1. The molecule has 1 aromatic carbocycles. The molecule has 0 atom stereocenters. The minimum absolute atomic E-state index is 0.0517. The van der Waals surface area contributed by atoms with Gasteiger partial charge in [-0.1, -0.05) is 11.6 Å². The van der Waals surface area contributed by atoms with Gasteiger partial charge in [-0.25, -0.2) is 4.39 Å². The van der Waals surface area contributed by atoms with Crippen molar-refractivity contribution in [3.8, 4) is 0 Å². The zero-order chi connectivity index (χ0) is 14.9. The van der Waals surface area contributed by atoms with Crippen molar-refractivity contribution < 1.29 is 9.18 Å². The van der Waals surface area contributed by atoms with E-state index in [0.29, 0.717) is 20.9 Å². The highest BCUT2D eigenvalue weighted by atomic mass is 79.9. The predicted octanol–water partition coefficient (Wildman–Crippen LogP) is 4.16. The van der Waals surface area contributed by atoms with E-state index < -0.39 is 5.82 Å². The Morgan fingerprint density at radius 1 is 1.50 bits per heavy atom. The fourth-order valence-corrected chi connectivity index (χ4v) is 3.30. The van der Waals surface area contributed by atoms with Crippen LogP contribution >= 0.6 is 38.9 Å². The molecule has 0 bridgehead atoms. The van der Waals surface area contributed by atoms with Gasteiger partial charge in [0.2, 0.25) is 0 Å². The second-order valence-electron chi connectivity index (χ2n) is 4.22. The minimum Gasteiger partial charge on any atom is -0.396 e. The second kappa shape index (κ2) is 6.11. The molecule has 0 saturated heterocycles. The molecule has 0 spiro atoms. The molecule has 20 heavy (non-hydrogen) atoms. The Morgan fingerprint density at radius 2 is 2.20 bits per heavy atom. The number of carbonyl (C=O) groups is 1. The van der Waals surface area contributed by atoms with Crippen LogP contribution in [0, 0.1) is 5.82 Å². The van der Waals surface area contributed by atoms with Crippen LogP contribution in [0.2, 0.25) is 4.34 Å². The van der Waals surface area contributed by atoms with Crippen LogP contribution in [0.15, 0.2) is 28.7 Å². The first-order valence-electron chi connectivity index (χ1n) is 5.62. The maximum atomic E-state index is 13.3. The van der Waals surface area contributed by atoms with E-state index in [-0.39, 0.29) is 11.6 Å². The average Bonchev–Trinajstić information content (AvgIpc) is 2.78. The van der Waals surface area contributed by atoms with Gasteiger partial charge in [0.25, 0.3) is 5.91 Å². The summed E-state index contributed by atoms with van der Waals surface area (Å²) in [6, 6.07) is 6.18. The van der Waals surface area contributed by atoms with Crippen molar-refractivity contribution in [3.63, 3.8) is 0 Å². The summed E-state index contributed by atoms with van der Waals surface area (Å²) in [7, 11) is 1.67. The summed E-state index contributed by atoms with van der Waals surface area (Å²) in [5.74, 6) is -0.797. The monoisotopic (exact) mass is 376 g/mol. The molecular formula is C13H11BrClFN2OS. The van der Waals surface area contributed by atoms with Crippen LogP contribution in [0.5, 0.6) is 0 Å². The van der Waals surface area contributed by atoms with Crippen LogP contribution in [-0.4, -0.2) is 17.9 Å². The number of thiophene rings is 1. The molecule has 1 amide bonds. The molecule has 2 N–H and O–H groups in total. The Labute approximate surface area is 133 Å². The van der Waals surface area contributed by atoms with Gasteiger partial charge >= 0.3 is 0 Å². The first-order valence-corrected chi connectivity index (χ1v) is 7.61. The molecule has 1 heterocycles. The summed E-state index contributed by atoms with van der Waals surface area (Å²) in [4.78, 5) is 14.8. The zero-order valence-corrected chi connectivity index (χ0v) is 13.6. The molecular weight excluding hydrogens is 367 g/mol. The summed E-state index contributed by atoms with van der Waals surface area (Å²) < 4.78 is 14.3. The molecule has 0 unspecified atom stereocenters. The Hall–Kier alpha value is -1.11. The first-order chi connectivity index (χ1) is 9.38. The van der Waals surface area contributed by atoms with Gasteiger partial charge in [0, 0.05) is 16.4 Å². The van der Waals surface area contributed by atoms with E-state index in [1.54, 1.807) is 13.1 Å². The van der Waals surface area contributed by atoms with Crippen molar-refractivity contribution in [1.82, 2.24) is 4.90 Å². The van der Waals surface area contributed by atoms with Gasteiger partial charge in [0.1, 0.15) is 5.82 Å². The van der Waals surface area contributed by atoms with Gasteiger partial charge < -0.3 is 10.6 Å². The maximum Gasteiger partial charge on any atom is 0.255 e. The molecule has 3 nitrogen and oxygen atoms in total. The predicted molar refractivity (Wildman–Crippen MR) is 83.6 cm³/mol. The Bertz CT molecular complexity index is 662. The summed E-state index contributed by atoms with van der Waals surface area (Å²) in [5, 5.41) is 0. The largest absolute Gasteiger partial charge is 0.396 e. The fourth-order valence-electron chi connectivity index (χ4n) is 1.68. The summed E-state index contributed by atoms with van der Waals surface area (Å²) in [5.41, 5.74) is 5.78. The molecule has 0 fully saturated rings. The molecule has 1 aromatic heterocycles. The van der Waals surface area contributed by atoms with E-state index in [9.17, 15) is 9.18 Å². The standard InChI is InChI=1S/C13H11BrClFN2OS/c1-18(6-7-2-3-12(15)20-7)13(19)8-4-11(17)10(16)5-9(8)14/h2-5H,6,17H2,1H3. The third-order valence-corrected chi connectivity index (χ3v) is 4.56. The van der Waals surface area contributed by atoms with E-state index in [0.717, 1.165) is 4.88 Å². The Balaban J connectivity index is 2.20. The van der Waals surface area contributed by atoms with E-state index in [1.807, 2.05) is 6.07 Å². The van der Waals surface area contributed by atoms with Crippen molar-refractivity contribution in [2.24, 2.45) is 0 Å². The van der Waals surface area contributed by atoms with Crippen LogP contribution in [0.4, 0.5) is 10.1 Å². The SMILES string of the molecule is CN(Cc1ccc(Cl)s1)C(=O)c1cc(N)c(F)cc1Br. The number of halogens is 3. The molecule has 7 heteroatoms. The first kappa shape index (κ1) is 15.3. The minimum atomic E-state index is -0.555. The van der Waals surface area contributed by atoms with E-state index in [4.69, 9.17) is 17.3 Å². The molecule has 0 aliphatic heterocycles. The average molecular weight is 378 g/mol. The second-order valence-corrected chi connectivity index (χ2v) is 6.87. The number of hydrogen-bond donors (Lipinski definition) is 1. The number of nitrogens with two attached hydrogens (primary N) is 1. The van der Waals surface area contributed by atoms with Gasteiger partial charge in [-0.3, -0.25) is 4.79 Å². The number of benzene rings is 1. The van der Waals surface area contributed by atoms with Gasteiger partial charge in [-0.2, -0.15) is 0 Å². The number of hydrogen-bond acceptors (Lipinski definition) is 3. The van der Waals surface area contributed by atoms with Gasteiger partial charge in [0.15, 0.2) is 0 Å². The van der Waals surface area contributed by atoms with Gasteiger partial charge in [-0.15, -0.1) is 11.3 Å². The molecule has 2 aromatic rings. The number of amides is 1. The molecule has 0 aliphatic rings. The molecule has 2 rings (SSSR count). The highest BCUT2D eigenvalue weighted by molar-refractivity contribution is 9.10.